The van der Waals surface area contributed by atoms with E-state index in [1.54, 1.807) is 28.0 Å². The van der Waals surface area contributed by atoms with Crippen molar-refractivity contribution in [3.05, 3.63) is 46.9 Å². The topological polar surface area (TPSA) is 72.2 Å². The van der Waals surface area contributed by atoms with Crippen molar-refractivity contribution in [2.75, 3.05) is 33.0 Å². The second-order valence-corrected chi connectivity index (χ2v) is 6.20. The van der Waals surface area contributed by atoms with E-state index in [1.165, 1.54) is 12.5 Å². The first-order valence-corrected chi connectivity index (χ1v) is 8.21. The van der Waals surface area contributed by atoms with Crippen molar-refractivity contribution in [2.24, 2.45) is 0 Å². The van der Waals surface area contributed by atoms with Gasteiger partial charge in [-0.05, 0) is 18.2 Å². The number of rotatable bonds is 2. The number of piperazine rings is 1. The number of carbonyl (C=O) groups is 2. The summed E-state index contributed by atoms with van der Waals surface area (Å²) in [6.45, 7) is 1.94. The zero-order chi connectivity index (χ0) is 17.4. The minimum absolute atomic E-state index is 0.0908. The number of ether oxygens (including phenoxy) is 2. The van der Waals surface area contributed by atoms with E-state index in [4.69, 9.17) is 25.5 Å². The second-order valence-electron chi connectivity index (χ2n) is 5.79. The fourth-order valence-corrected chi connectivity index (χ4v) is 3.22. The minimum atomic E-state index is -0.143. The van der Waals surface area contributed by atoms with Crippen LogP contribution in [0.25, 0.3) is 0 Å². The molecule has 130 valence electrons. The summed E-state index contributed by atoms with van der Waals surface area (Å²) in [6, 6.07) is 4.86. The van der Waals surface area contributed by atoms with E-state index in [1.807, 2.05) is 0 Å². The van der Waals surface area contributed by atoms with E-state index in [-0.39, 0.29) is 18.6 Å². The van der Waals surface area contributed by atoms with Crippen LogP contribution in [0.4, 0.5) is 0 Å². The first kappa shape index (κ1) is 15.8. The fourth-order valence-electron chi connectivity index (χ4n) is 2.95. The van der Waals surface area contributed by atoms with Crippen LogP contribution < -0.4 is 9.47 Å². The molecule has 3 heterocycles. The molecule has 0 aliphatic carbocycles. The number of fused-ring (bicyclic) bond motifs is 1. The maximum atomic E-state index is 12.7. The highest BCUT2D eigenvalue weighted by molar-refractivity contribution is 6.32. The van der Waals surface area contributed by atoms with Crippen LogP contribution >= 0.6 is 11.6 Å². The third-order valence-corrected chi connectivity index (χ3v) is 4.58. The Labute approximate surface area is 148 Å². The lowest BCUT2D eigenvalue weighted by Gasteiger charge is -2.34. The standard InChI is InChI=1S/C17H15ClN2O5/c18-13-7-12(8-14-15(13)25-10-24-14)17(22)20-4-2-19(3-5-20)16(21)11-1-6-23-9-11/h1,6-9H,2-5,10H2. The molecular formula is C17H15ClN2O5. The zero-order valence-corrected chi connectivity index (χ0v) is 14.0. The van der Waals surface area contributed by atoms with Gasteiger partial charge in [-0.15, -0.1) is 0 Å². The normalized spacial score (nSPS) is 16.2. The summed E-state index contributed by atoms with van der Waals surface area (Å²) in [6.07, 6.45) is 2.89. The number of hydrogen-bond acceptors (Lipinski definition) is 5. The van der Waals surface area contributed by atoms with Crippen LogP contribution in [-0.4, -0.2) is 54.6 Å². The van der Waals surface area contributed by atoms with Crippen molar-refractivity contribution in [2.45, 2.75) is 0 Å². The van der Waals surface area contributed by atoms with Gasteiger partial charge in [-0.25, -0.2) is 0 Å². The summed E-state index contributed by atoms with van der Waals surface area (Å²) in [5.41, 5.74) is 0.964. The van der Waals surface area contributed by atoms with Gasteiger partial charge in [0.15, 0.2) is 11.5 Å². The molecule has 4 rings (SSSR count). The molecule has 0 atom stereocenters. The van der Waals surface area contributed by atoms with E-state index in [0.717, 1.165) is 0 Å². The molecule has 8 heteroatoms. The van der Waals surface area contributed by atoms with Crippen molar-refractivity contribution in [1.29, 1.82) is 0 Å². The van der Waals surface area contributed by atoms with Gasteiger partial charge in [0.1, 0.15) is 6.26 Å². The van der Waals surface area contributed by atoms with Crippen LogP contribution in [0.1, 0.15) is 20.7 Å². The molecule has 0 saturated carbocycles. The molecule has 0 spiro atoms. The minimum Gasteiger partial charge on any atom is -0.472 e. The second kappa shape index (κ2) is 6.33. The molecule has 0 radical (unpaired) electrons. The third kappa shape index (κ3) is 2.91. The van der Waals surface area contributed by atoms with E-state index in [0.29, 0.717) is 53.8 Å². The monoisotopic (exact) mass is 362 g/mol. The molecule has 0 unspecified atom stereocenters. The Morgan fingerprint density at radius 1 is 0.960 bits per heavy atom. The number of amides is 2. The maximum Gasteiger partial charge on any atom is 0.257 e. The van der Waals surface area contributed by atoms with Crippen molar-refractivity contribution < 1.29 is 23.5 Å². The Kier molecular flexibility index (Phi) is 4.01. The molecular weight excluding hydrogens is 348 g/mol. The number of hydrogen-bond donors (Lipinski definition) is 0. The number of carbonyl (C=O) groups excluding carboxylic acids is 2. The van der Waals surface area contributed by atoms with Gasteiger partial charge in [0.2, 0.25) is 6.79 Å². The molecule has 2 aliphatic heterocycles. The van der Waals surface area contributed by atoms with Crippen LogP contribution in [0.5, 0.6) is 11.5 Å². The Hall–Kier alpha value is -2.67. The van der Waals surface area contributed by atoms with Crippen molar-refractivity contribution >= 4 is 23.4 Å². The van der Waals surface area contributed by atoms with E-state index in [9.17, 15) is 9.59 Å². The summed E-state index contributed by atoms with van der Waals surface area (Å²) in [4.78, 5) is 28.4. The van der Waals surface area contributed by atoms with E-state index in [2.05, 4.69) is 0 Å². The quantitative estimate of drug-likeness (QED) is 0.819. The van der Waals surface area contributed by atoms with Gasteiger partial charge in [-0.3, -0.25) is 9.59 Å². The molecule has 2 amide bonds. The number of halogens is 1. The van der Waals surface area contributed by atoms with Crippen molar-refractivity contribution in [3.63, 3.8) is 0 Å². The smallest absolute Gasteiger partial charge is 0.257 e. The summed E-state index contributed by atoms with van der Waals surface area (Å²) in [7, 11) is 0. The largest absolute Gasteiger partial charge is 0.472 e. The lowest BCUT2D eigenvalue weighted by Crippen LogP contribution is -2.50. The zero-order valence-electron chi connectivity index (χ0n) is 13.2. The molecule has 1 aromatic heterocycles. The van der Waals surface area contributed by atoms with Crippen LogP contribution in [0, 0.1) is 0 Å². The molecule has 0 bridgehead atoms. The SMILES string of the molecule is O=C(c1ccoc1)N1CCN(C(=O)c2cc(Cl)c3c(c2)OCO3)CC1. The highest BCUT2D eigenvalue weighted by Gasteiger charge is 2.28. The van der Waals surface area contributed by atoms with Crippen molar-refractivity contribution in [1.82, 2.24) is 9.80 Å². The van der Waals surface area contributed by atoms with Crippen LogP contribution in [-0.2, 0) is 0 Å². The van der Waals surface area contributed by atoms with E-state index < -0.39 is 0 Å². The summed E-state index contributed by atoms with van der Waals surface area (Å²) < 4.78 is 15.5. The van der Waals surface area contributed by atoms with Gasteiger partial charge in [-0.1, -0.05) is 11.6 Å². The molecule has 1 fully saturated rings. The van der Waals surface area contributed by atoms with Gasteiger partial charge in [0, 0.05) is 31.7 Å². The average Bonchev–Trinajstić information content (AvgIpc) is 3.32. The Bertz CT molecular complexity index is 813. The average molecular weight is 363 g/mol. The van der Waals surface area contributed by atoms with Crippen molar-refractivity contribution in [3.8, 4) is 11.5 Å². The highest BCUT2D eigenvalue weighted by Crippen LogP contribution is 2.40. The molecule has 2 aromatic rings. The number of benzene rings is 1. The summed E-state index contributed by atoms with van der Waals surface area (Å²) in [5, 5.41) is 0.354. The predicted octanol–water partition coefficient (Wildman–Crippen LogP) is 2.26. The Morgan fingerprint density at radius 3 is 2.28 bits per heavy atom. The summed E-state index contributed by atoms with van der Waals surface area (Å²) >= 11 is 6.14. The predicted molar refractivity (Wildman–Crippen MR) is 88.1 cm³/mol. The van der Waals surface area contributed by atoms with Gasteiger partial charge >= 0.3 is 0 Å². The highest BCUT2D eigenvalue weighted by atomic mass is 35.5. The lowest BCUT2D eigenvalue weighted by atomic mass is 10.1. The van der Waals surface area contributed by atoms with Gasteiger partial charge < -0.3 is 23.7 Å². The third-order valence-electron chi connectivity index (χ3n) is 4.30. The maximum absolute atomic E-state index is 12.7. The Balaban J connectivity index is 1.43. The molecule has 1 saturated heterocycles. The van der Waals surface area contributed by atoms with E-state index >= 15 is 0 Å². The molecule has 2 aliphatic rings. The first-order chi connectivity index (χ1) is 12.1. The molecule has 0 N–H and O–H groups in total. The van der Waals surface area contributed by atoms with Crippen LogP contribution in [0.2, 0.25) is 5.02 Å². The van der Waals surface area contributed by atoms with Gasteiger partial charge in [0.25, 0.3) is 11.8 Å². The van der Waals surface area contributed by atoms with Crippen LogP contribution in [0.15, 0.2) is 35.1 Å². The number of furan rings is 1. The van der Waals surface area contributed by atoms with Gasteiger partial charge in [-0.2, -0.15) is 0 Å². The molecule has 25 heavy (non-hydrogen) atoms. The summed E-state index contributed by atoms with van der Waals surface area (Å²) in [5.74, 6) is 0.709. The Morgan fingerprint density at radius 2 is 1.64 bits per heavy atom. The fraction of sp³-hybridized carbons (Fsp3) is 0.294. The van der Waals surface area contributed by atoms with Crippen LogP contribution in [0.3, 0.4) is 0 Å². The lowest BCUT2D eigenvalue weighted by molar-refractivity contribution is 0.0535. The first-order valence-electron chi connectivity index (χ1n) is 7.83. The molecule has 1 aromatic carbocycles. The molecule has 7 nitrogen and oxygen atoms in total. The number of nitrogens with zero attached hydrogens (tertiary/aromatic N) is 2. The van der Waals surface area contributed by atoms with Gasteiger partial charge in [0.05, 0.1) is 16.8 Å².